The van der Waals surface area contributed by atoms with Gasteiger partial charge >= 0.3 is 5.97 Å². The van der Waals surface area contributed by atoms with Gasteiger partial charge in [0.05, 0.1) is 19.1 Å². The third-order valence-electron chi connectivity index (χ3n) is 3.82. The zero-order valence-corrected chi connectivity index (χ0v) is 8.40. The summed E-state index contributed by atoms with van der Waals surface area (Å²) in [5.41, 5.74) is 0. The number of hydrogen-bond acceptors (Lipinski definition) is 3. The maximum Gasteiger partial charge on any atom is 0.308 e. The molecule has 0 saturated heterocycles. The minimum absolute atomic E-state index is 0.0725. The Balaban J connectivity index is 2.08. The van der Waals surface area contributed by atoms with Crippen LogP contribution in [0.25, 0.3) is 0 Å². The SMILES string of the molecule is COC(=O)[C@H]1C[C@@H]2C[C@H]1CC[C@@H]2C#N. The Morgan fingerprint density at radius 2 is 2.14 bits per heavy atom. The van der Waals surface area contributed by atoms with Crippen LogP contribution in [-0.4, -0.2) is 13.1 Å². The summed E-state index contributed by atoms with van der Waals surface area (Å²) in [6, 6.07) is 2.36. The smallest absolute Gasteiger partial charge is 0.308 e. The molecule has 2 saturated carbocycles. The molecule has 0 unspecified atom stereocenters. The van der Waals surface area contributed by atoms with Crippen LogP contribution in [0.15, 0.2) is 0 Å². The average Bonchev–Trinajstić information content (AvgIpc) is 2.56. The first kappa shape index (κ1) is 9.51. The van der Waals surface area contributed by atoms with Gasteiger partial charge in [-0.3, -0.25) is 4.79 Å². The fraction of sp³-hybridized carbons (Fsp3) is 0.818. The number of esters is 1. The minimum atomic E-state index is -0.0731. The summed E-state index contributed by atoms with van der Waals surface area (Å²) in [7, 11) is 1.45. The molecular weight excluding hydrogens is 178 g/mol. The van der Waals surface area contributed by atoms with E-state index in [0.29, 0.717) is 11.8 Å². The molecule has 0 aromatic heterocycles. The standard InChI is InChI=1S/C11H15NO2/c1-14-11(13)10-5-9-4-7(10)2-3-8(9)6-12/h7-10H,2-5H2,1H3/t7-,8-,9+,10+/m1/s1. The number of fused-ring (bicyclic) bond motifs is 2. The monoisotopic (exact) mass is 193 g/mol. The zero-order valence-electron chi connectivity index (χ0n) is 8.40. The van der Waals surface area contributed by atoms with Crippen molar-refractivity contribution >= 4 is 5.97 Å². The lowest BCUT2D eigenvalue weighted by atomic mass is 9.80. The van der Waals surface area contributed by atoms with E-state index in [9.17, 15) is 4.79 Å². The molecule has 0 radical (unpaired) electrons. The van der Waals surface area contributed by atoms with Crippen molar-refractivity contribution in [3.8, 4) is 6.07 Å². The Kier molecular flexibility index (Phi) is 2.45. The lowest BCUT2D eigenvalue weighted by molar-refractivity contribution is -0.146. The predicted octanol–water partition coefficient (Wildman–Crippen LogP) is 1.74. The third kappa shape index (κ3) is 1.39. The van der Waals surface area contributed by atoms with Crippen LogP contribution in [0, 0.1) is 35.0 Å². The lowest BCUT2D eigenvalue weighted by Crippen LogP contribution is -2.20. The maximum atomic E-state index is 11.4. The van der Waals surface area contributed by atoms with Gasteiger partial charge in [-0.1, -0.05) is 0 Å². The summed E-state index contributed by atoms with van der Waals surface area (Å²) < 4.78 is 4.79. The van der Waals surface area contributed by atoms with Gasteiger partial charge < -0.3 is 4.74 Å². The first-order valence-corrected chi connectivity index (χ1v) is 5.23. The number of ether oxygens (including phenoxy) is 1. The van der Waals surface area contributed by atoms with Crippen LogP contribution >= 0.6 is 0 Å². The van der Waals surface area contributed by atoms with E-state index in [1.165, 1.54) is 7.11 Å². The van der Waals surface area contributed by atoms with Crippen molar-refractivity contribution in [3.63, 3.8) is 0 Å². The molecule has 2 fully saturated rings. The molecule has 2 aliphatic carbocycles. The summed E-state index contributed by atoms with van der Waals surface area (Å²) in [4.78, 5) is 11.4. The van der Waals surface area contributed by atoms with E-state index < -0.39 is 0 Å². The number of carbonyl (C=O) groups is 1. The number of carbonyl (C=O) groups excluding carboxylic acids is 1. The van der Waals surface area contributed by atoms with Gasteiger partial charge in [0.1, 0.15) is 0 Å². The van der Waals surface area contributed by atoms with Crippen molar-refractivity contribution in [2.45, 2.75) is 25.7 Å². The lowest BCUT2D eigenvalue weighted by Gasteiger charge is -2.23. The second-order valence-corrected chi connectivity index (χ2v) is 4.43. The van der Waals surface area contributed by atoms with Gasteiger partial charge in [-0.15, -0.1) is 0 Å². The second-order valence-electron chi connectivity index (χ2n) is 4.43. The van der Waals surface area contributed by atoms with Gasteiger partial charge in [-0.05, 0) is 37.5 Å². The zero-order chi connectivity index (χ0) is 10.1. The second kappa shape index (κ2) is 3.61. The first-order valence-electron chi connectivity index (χ1n) is 5.23. The molecule has 0 heterocycles. The molecule has 3 heteroatoms. The third-order valence-corrected chi connectivity index (χ3v) is 3.82. The highest BCUT2D eigenvalue weighted by Crippen LogP contribution is 2.48. The van der Waals surface area contributed by atoms with E-state index in [0.717, 1.165) is 25.7 Å². The molecule has 4 atom stereocenters. The first-order chi connectivity index (χ1) is 6.76. The molecule has 14 heavy (non-hydrogen) atoms. The molecule has 0 N–H and O–H groups in total. The summed E-state index contributed by atoms with van der Waals surface area (Å²) in [5.74, 6) is 1.11. The van der Waals surface area contributed by atoms with Gasteiger partial charge in [-0.2, -0.15) is 5.26 Å². The van der Waals surface area contributed by atoms with E-state index in [-0.39, 0.29) is 17.8 Å². The minimum Gasteiger partial charge on any atom is -0.469 e. The molecule has 0 aromatic carbocycles. The molecule has 2 bridgehead atoms. The Hall–Kier alpha value is -1.04. The van der Waals surface area contributed by atoms with Crippen LogP contribution in [0.5, 0.6) is 0 Å². The fourth-order valence-electron chi connectivity index (χ4n) is 3.05. The van der Waals surface area contributed by atoms with E-state index in [1.807, 2.05) is 0 Å². The van der Waals surface area contributed by atoms with Crippen LogP contribution < -0.4 is 0 Å². The number of rotatable bonds is 1. The molecular formula is C11H15NO2. The van der Waals surface area contributed by atoms with E-state index in [2.05, 4.69) is 6.07 Å². The van der Waals surface area contributed by atoms with Crippen LogP contribution in [0.2, 0.25) is 0 Å². The summed E-state index contributed by atoms with van der Waals surface area (Å²) in [5, 5.41) is 8.93. The van der Waals surface area contributed by atoms with E-state index in [4.69, 9.17) is 10.00 Å². The molecule has 0 spiro atoms. The molecule has 2 aliphatic rings. The van der Waals surface area contributed by atoms with Crippen LogP contribution in [-0.2, 0) is 9.53 Å². The largest absolute Gasteiger partial charge is 0.469 e. The number of methoxy groups -OCH3 is 1. The molecule has 76 valence electrons. The van der Waals surface area contributed by atoms with Gasteiger partial charge in [0.15, 0.2) is 0 Å². The van der Waals surface area contributed by atoms with Gasteiger partial charge in [0.2, 0.25) is 0 Å². The highest BCUT2D eigenvalue weighted by molar-refractivity contribution is 5.73. The molecule has 0 amide bonds. The van der Waals surface area contributed by atoms with E-state index >= 15 is 0 Å². The number of nitriles is 1. The Bertz CT molecular complexity index is 282. The quantitative estimate of drug-likeness (QED) is 0.596. The highest BCUT2D eigenvalue weighted by Gasteiger charge is 2.45. The molecule has 0 aromatic rings. The van der Waals surface area contributed by atoms with Crippen LogP contribution in [0.3, 0.4) is 0 Å². The Labute approximate surface area is 84.0 Å². The van der Waals surface area contributed by atoms with Gasteiger partial charge in [-0.25, -0.2) is 0 Å². The Morgan fingerprint density at radius 3 is 2.79 bits per heavy atom. The number of nitrogens with zero attached hydrogens (tertiary/aromatic N) is 1. The van der Waals surface area contributed by atoms with Crippen molar-refractivity contribution in [1.82, 2.24) is 0 Å². The summed E-state index contributed by atoms with van der Waals surface area (Å²) in [6.45, 7) is 0. The van der Waals surface area contributed by atoms with Crippen LogP contribution in [0.1, 0.15) is 25.7 Å². The van der Waals surface area contributed by atoms with Gasteiger partial charge in [0, 0.05) is 5.92 Å². The topological polar surface area (TPSA) is 50.1 Å². The number of hydrogen-bond donors (Lipinski definition) is 0. The summed E-state index contributed by atoms with van der Waals surface area (Å²) in [6.07, 6.45) is 3.92. The molecule has 3 nitrogen and oxygen atoms in total. The van der Waals surface area contributed by atoms with Crippen molar-refractivity contribution in [1.29, 1.82) is 5.26 Å². The Morgan fingerprint density at radius 1 is 1.36 bits per heavy atom. The summed E-state index contributed by atoms with van der Waals surface area (Å²) >= 11 is 0. The van der Waals surface area contributed by atoms with Crippen molar-refractivity contribution in [2.24, 2.45) is 23.7 Å². The normalized spacial score (nSPS) is 40.3. The van der Waals surface area contributed by atoms with Crippen LogP contribution in [0.4, 0.5) is 0 Å². The van der Waals surface area contributed by atoms with Crippen molar-refractivity contribution in [3.05, 3.63) is 0 Å². The predicted molar refractivity (Wildman–Crippen MR) is 50.1 cm³/mol. The maximum absolute atomic E-state index is 11.4. The van der Waals surface area contributed by atoms with Crippen molar-refractivity contribution < 1.29 is 9.53 Å². The van der Waals surface area contributed by atoms with Gasteiger partial charge in [0.25, 0.3) is 0 Å². The fourth-order valence-corrected chi connectivity index (χ4v) is 3.05. The molecule has 0 aliphatic heterocycles. The van der Waals surface area contributed by atoms with Crippen molar-refractivity contribution in [2.75, 3.05) is 7.11 Å². The van der Waals surface area contributed by atoms with E-state index in [1.54, 1.807) is 0 Å². The average molecular weight is 193 g/mol. The highest BCUT2D eigenvalue weighted by atomic mass is 16.5. The molecule has 2 rings (SSSR count).